The zero-order valence-corrected chi connectivity index (χ0v) is 14.0. The second-order valence-corrected chi connectivity index (χ2v) is 5.55. The lowest BCUT2D eigenvalue weighted by Crippen LogP contribution is -2.39. The highest BCUT2D eigenvalue weighted by Crippen LogP contribution is 2.29. The second kappa shape index (κ2) is 7.40. The Balaban J connectivity index is 2.34. The normalized spacial score (nSPS) is 13.0. The lowest BCUT2D eigenvalue weighted by atomic mass is 9.94. The smallest absolute Gasteiger partial charge is 0.261 e. The number of nitrogens with one attached hydrogen (secondary N) is 2. The number of ether oxygens (including phenoxy) is 1. The van der Waals surface area contributed by atoms with Crippen LogP contribution in [0.15, 0.2) is 42.5 Å². The highest BCUT2D eigenvalue weighted by atomic mass is 19.1. The summed E-state index contributed by atoms with van der Waals surface area (Å²) >= 11 is 0. The van der Waals surface area contributed by atoms with E-state index >= 15 is 0 Å². The molecule has 132 valence electrons. The Labute approximate surface area is 144 Å². The minimum Gasteiger partial charge on any atom is -0.364 e. The lowest BCUT2D eigenvalue weighted by Gasteiger charge is -2.27. The summed E-state index contributed by atoms with van der Waals surface area (Å²) in [5.74, 6) is -3.07. The highest BCUT2D eigenvalue weighted by Gasteiger charge is 2.35. The molecule has 0 aromatic heterocycles. The third-order valence-corrected chi connectivity index (χ3v) is 3.78. The largest absolute Gasteiger partial charge is 0.364 e. The summed E-state index contributed by atoms with van der Waals surface area (Å²) in [5, 5.41) is 4.62. The van der Waals surface area contributed by atoms with Crippen LogP contribution in [0.5, 0.6) is 0 Å². The summed E-state index contributed by atoms with van der Waals surface area (Å²) < 4.78 is 33.1. The van der Waals surface area contributed by atoms with Gasteiger partial charge in [0.15, 0.2) is 5.60 Å². The van der Waals surface area contributed by atoms with Gasteiger partial charge in [0.05, 0.1) is 11.4 Å². The first-order valence-corrected chi connectivity index (χ1v) is 7.46. The molecule has 2 aromatic rings. The Bertz CT molecular complexity index is 796. The number of hydrogen-bond acceptors (Lipinski definition) is 3. The Morgan fingerprint density at radius 3 is 2.08 bits per heavy atom. The van der Waals surface area contributed by atoms with Crippen molar-refractivity contribution in [2.75, 3.05) is 17.7 Å². The van der Waals surface area contributed by atoms with Gasteiger partial charge in [0.1, 0.15) is 11.6 Å². The molecule has 0 saturated heterocycles. The van der Waals surface area contributed by atoms with Gasteiger partial charge < -0.3 is 15.4 Å². The molecule has 2 aromatic carbocycles. The fourth-order valence-corrected chi connectivity index (χ4v) is 2.27. The number of halogens is 2. The molecule has 1 atom stereocenters. The SMILES string of the molecule is CO[C@@](C)(C(=O)Nc1cc(NC(C)=O)c(F)cc1F)c1ccccc1. The summed E-state index contributed by atoms with van der Waals surface area (Å²) in [5.41, 5.74) is -1.31. The molecular formula is C18H18F2N2O3. The molecule has 25 heavy (non-hydrogen) atoms. The molecule has 2 rings (SSSR count). The molecule has 0 unspecified atom stereocenters. The number of carbonyl (C=O) groups is 2. The van der Waals surface area contributed by atoms with Gasteiger partial charge in [-0.25, -0.2) is 8.78 Å². The van der Waals surface area contributed by atoms with Crippen molar-refractivity contribution in [1.29, 1.82) is 0 Å². The fourth-order valence-electron chi connectivity index (χ4n) is 2.27. The third kappa shape index (κ3) is 4.00. The Morgan fingerprint density at radius 1 is 1.00 bits per heavy atom. The van der Waals surface area contributed by atoms with Crippen LogP contribution in [0.3, 0.4) is 0 Å². The molecule has 0 aliphatic heterocycles. The maximum absolute atomic E-state index is 14.0. The molecule has 0 radical (unpaired) electrons. The molecule has 0 aliphatic carbocycles. The van der Waals surface area contributed by atoms with Crippen molar-refractivity contribution in [3.63, 3.8) is 0 Å². The van der Waals surface area contributed by atoms with Crippen LogP contribution in [0, 0.1) is 11.6 Å². The topological polar surface area (TPSA) is 67.4 Å². The van der Waals surface area contributed by atoms with E-state index in [1.165, 1.54) is 21.0 Å². The van der Waals surface area contributed by atoms with E-state index in [-0.39, 0.29) is 11.4 Å². The van der Waals surface area contributed by atoms with Crippen molar-refractivity contribution < 1.29 is 23.1 Å². The predicted octanol–water partition coefficient (Wildman–Crippen LogP) is 3.42. The first-order valence-electron chi connectivity index (χ1n) is 7.46. The van der Waals surface area contributed by atoms with Crippen LogP contribution in [-0.2, 0) is 19.9 Å². The van der Waals surface area contributed by atoms with Crippen LogP contribution in [-0.4, -0.2) is 18.9 Å². The monoisotopic (exact) mass is 348 g/mol. The van der Waals surface area contributed by atoms with E-state index < -0.39 is 29.0 Å². The molecule has 0 bridgehead atoms. The van der Waals surface area contributed by atoms with Gasteiger partial charge in [-0.1, -0.05) is 30.3 Å². The molecule has 2 N–H and O–H groups in total. The predicted molar refractivity (Wildman–Crippen MR) is 90.1 cm³/mol. The van der Waals surface area contributed by atoms with E-state index in [0.717, 1.165) is 6.07 Å². The molecule has 2 amide bonds. The zero-order valence-electron chi connectivity index (χ0n) is 14.0. The third-order valence-electron chi connectivity index (χ3n) is 3.78. The van der Waals surface area contributed by atoms with E-state index in [1.54, 1.807) is 30.3 Å². The average molecular weight is 348 g/mol. The van der Waals surface area contributed by atoms with Crippen LogP contribution < -0.4 is 10.6 Å². The van der Waals surface area contributed by atoms with Crippen LogP contribution in [0.4, 0.5) is 20.2 Å². The Hall–Kier alpha value is -2.80. The van der Waals surface area contributed by atoms with Crippen molar-refractivity contribution >= 4 is 23.2 Å². The quantitative estimate of drug-likeness (QED) is 0.870. The molecule has 0 spiro atoms. The lowest BCUT2D eigenvalue weighted by molar-refractivity contribution is -0.136. The van der Waals surface area contributed by atoms with Gasteiger partial charge in [-0.2, -0.15) is 0 Å². The van der Waals surface area contributed by atoms with Crippen LogP contribution in [0.2, 0.25) is 0 Å². The van der Waals surface area contributed by atoms with Crippen molar-refractivity contribution in [3.8, 4) is 0 Å². The van der Waals surface area contributed by atoms with Crippen LogP contribution in [0.25, 0.3) is 0 Å². The molecule has 0 fully saturated rings. The summed E-state index contributed by atoms with van der Waals surface area (Å²) in [6.45, 7) is 2.73. The minimum atomic E-state index is -1.38. The van der Waals surface area contributed by atoms with Gasteiger partial charge in [-0.05, 0) is 18.6 Å². The van der Waals surface area contributed by atoms with E-state index in [4.69, 9.17) is 4.74 Å². The molecule has 0 heterocycles. The maximum Gasteiger partial charge on any atom is 0.261 e. The molecule has 7 heteroatoms. The summed E-state index contributed by atoms with van der Waals surface area (Å²) in [6.07, 6.45) is 0. The van der Waals surface area contributed by atoms with Gasteiger partial charge >= 0.3 is 0 Å². The van der Waals surface area contributed by atoms with Gasteiger partial charge in [0.25, 0.3) is 5.91 Å². The first kappa shape index (κ1) is 18.5. The second-order valence-electron chi connectivity index (χ2n) is 5.55. The van der Waals surface area contributed by atoms with Crippen molar-refractivity contribution in [1.82, 2.24) is 0 Å². The first-order chi connectivity index (χ1) is 11.8. The zero-order chi connectivity index (χ0) is 18.6. The van der Waals surface area contributed by atoms with E-state index in [9.17, 15) is 18.4 Å². The van der Waals surface area contributed by atoms with Crippen molar-refractivity contribution in [3.05, 3.63) is 59.7 Å². The van der Waals surface area contributed by atoms with E-state index in [0.29, 0.717) is 11.6 Å². The van der Waals surface area contributed by atoms with Gasteiger partial charge in [0, 0.05) is 20.1 Å². The van der Waals surface area contributed by atoms with Crippen LogP contribution in [0.1, 0.15) is 19.4 Å². The molecule has 0 saturated carbocycles. The fraction of sp³-hybridized carbons (Fsp3) is 0.222. The average Bonchev–Trinajstić information content (AvgIpc) is 2.58. The summed E-state index contributed by atoms with van der Waals surface area (Å²) in [4.78, 5) is 23.7. The number of benzene rings is 2. The standard InChI is InChI=1S/C18H18F2N2O3/c1-11(23)21-15-10-16(14(20)9-13(15)19)22-17(24)18(2,25-3)12-7-5-4-6-8-12/h4-10H,1-3H3,(H,21,23)(H,22,24)/t18-/m1/s1. The van der Waals surface area contributed by atoms with E-state index in [1.807, 2.05) is 0 Å². The summed E-state index contributed by atoms with van der Waals surface area (Å²) in [7, 11) is 1.36. The molecule has 5 nitrogen and oxygen atoms in total. The number of hydrogen-bond donors (Lipinski definition) is 2. The molecular weight excluding hydrogens is 330 g/mol. The summed E-state index contributed by atoms with van der Waals surface area (Å²) in [6, 6.07) is 10.3. The van der Waals surface area contributed by atoms with Crippen molar-refractivity contribution in [2.24, 2.45) is 0 Å². The minimum absolute atomic E-state index is 0.233. The van der Waals surface area contributed by atoms with Gasteiger partial charge in [-0.3, -0.25) is 9.59 Å². The Morgan fingerprint density at radius 2 is 1.56 bits per heavy atom. The Kier molecular flexibility index (Phi) is 5.48. The van der Waals surface area contributed by atoms with E-state index in [2.05, 4.69) is 10.6 Å². The number of methoxy groups -OCH3 is 1. The maximum atomic E-state index is 14.0. The number of anilines is 2. The highest BCUT2D eigenvalue weighted by molar-refractivity contribution is 5.98. The van der Waals surface area contributed by atoms with Gasteiger partial charge in [0.2, 0.25) is 5.91 Å². The van der Waals surface area contributed by atoms with Gasteiger partial charge in [-0.15, -0.1) is 0 Å². The van der Waals surface area contributed by atoms with Crippen molar-refractivity contribution in [2.45, 2.75) is 19.4 Å². The van der Waals surface area contributed by atoms with Crippen LogP contribution >= 0.6 is 0 Å². The number of rotatable bonds is 5. The molecule has 0 aliphatic rings. The number of amides is 2. The number of carbonyl (C=O) groups excluding carboxylic acids is 2.